The van der Waals surface area contributed by atoms with Crippen LogP contribution in [-0.4, -0.2) is 59.6 Å². The monoisotopic (exact) mass is 430 g/mol. The third kappa shape index (κ3) is 5.10. The number of nitrogens with zero attached hydrogens (tertiary/aromatic N) is 3. The molecule has 162 valence electrons. The quantitative estimate of drug-likeness (QED) is 0.730. The third-order valence-corrected chi connectivity index (χ3v) is 7.88. The highest BCUT2D eigenvalue weighted by Crippen LogP contribution is 2.27. The van der Waals surface area contributed by atoms with Crippen LogP contribution in [0.25, 0.3) is 0 Å². The Bertz CT molecular complexity index is 987. The zero-order valence-electron chi connectivity index (χ0n) is 17.5. The summed E-state index contributed by atoms with van der Waals surface area (Å²) in [4.78, 5) is 15.0. The van der Waals surface area contributed by atoms with Crippen molar-refractivity contribution in [3.63, 3.8) is 0 Å². The maximum Gasteiger partial charge on any atom is 0.239 e. The summed E-state index contributed by atoms with van der Waals surface area (Å²) in [7, 11) is -3.02. The molecule has 3 heterocycles. The van der Waals surface area contributed by atoms with Gasteiger partial charge in [-0.1, -0.05) is 30.3 Å². The lowest BCUT2D eigenvalue weighted by Crippen LogP contribution is -2.37. The molecule has 1 amide bonds. The summed E-state index contributed by atoms with van der Waals surface area (Å²) in [6.07, 6.45) is 4.85. The second-order valence-corrected chi connectivity index (χ2v) is 10.7. The fourth-order valence-electron chi connectivity index (χ4n) is 4.63. The number of hydrogen-bond donors (Lipinski definition) is 1. The van der Waals surface area contributed by atoms with E-state index in [1.165, 1.54) is 5.56 Å². The van der Waals surface area contributed by atoms with Gasteiger partial charge in [-0.25, -0.2) is 13.1 Å². The summed E-state index contributed by atoms with van der Waals surface area (Å²) in [5.41, 5.74) is 2.11. The SMILES string of the molecule is Cc1cc(NC(=O)CN2CCCC2CCc2ccccc2)n(C2CCS(=O)(=O)C2)n1. The van der Waals surface area contributed by atoms with E-state index >= 15 is 0 Å². The lowest BCUT2D eigenvalue weighted by Gasteiger charge is -2.24. The molecule has 2 aliphatic rings. The van der Waals surface area contributed by atoms with Crippen molar-refractivity contribution < 1.29 is 13.2 Å². The van der Waals surface area contributed by atoms with Crippen molar-refractivity contribution in [1.82, 2.24) is 14.7 Å². The van der Waals surface area contributed by atoms with E-state index in [0.29, 0.717) is 24.8 Å². The molecule has 2 atom stereocenters. The van der Waals surface area contributed by atoms with Gasteiger partial charge in [-0.05, 0) is 51.1 Å². The summed E-state index contributed by atoms with van der Waals surface area (Å²) < 4.78 is 25.4. The van der Waals surface area contributed by atoms with E-state index in [2.05, 4.69) is 39.6 Å². The van der Waals surface area contributed by atoms with Crippen molar-refractivity contribution in [1.29, 1.82) is 0 Å². The Hall–Kier alpha value is -2.19. The van der Waals surface area contributed by atoms with Gasteiger partial charge < -0.3 is 5.32 Å². The molecule has 0 radical (unpaired) electrons. The molecule has 1 aromatic carbocycles. The number of anilines is 1. The van der Waals surface area contributed by atoms with Crippen LogP contribution in [-0.2, 0) is 21.1 Å². The number of likely N-dealkylation sites (tertiary alicyclic amines) is 1. The fourth-order valence-corrected chi connectivity index (χ4v) is 6.32. The van der Waals surface area contributed by atoms with Crippen molar-refractivity contribution in [3.8, 4) is 0 Å². The highest BCUT2D eigenvalue weighted by molar-refractivity contribution is 7.91. The van der Waals surface area contributed by atoms with Crippen LogP contribution in [0.1, 0.15) is 43.0 Å². The van der Waals surface area contributed by atoms with E-state index in [1.807, 2.05) is 19.1 Å². The van der Waals surface area contributed by atoms with E-state index in [1.54, 1.807) is 4.68 Å². The number of carbonyl (C=O) groups excluding carboxylic acids is 1. The normalized spacial score (nSPS) is 23.6. The van der Waals surface area contributed by atoms with Gasteiger partial charge in [0.1, 0.15) is 5.82 Å². The molecule has 2 aromatic rings. The molecule has 0 bridgehead atoms. The average molecular weight is 431 g/mol. The predicted molar refractivity (Wildman–Crippen MR) is 117 cm³/mol. The Labute approximate surface area is 178 Å². The molecule has 1 aromatic heterocycles. The third-order valence-electron chi connectivity index (χ3n) is 6.13. The molecular weight excluding hydrogens is 400 g/mol. The van der Waals surface area contributed by atoms with E-state index in [4.69, 9.17) is 0 Å². The van der Waals surface area contributed by atoms with Gasteiger partial charge in [0.15, 0.2) is 9.84 Å². The summed E-state index contributed by atoms with van der Waals surface area (Å²) in [5, 5.41) is 7.43. The minimum atomic E-state index is -3.02. The highest BCUT2D eigenvalue weighted by Gasteiger charge is 2.32. The molecule has 8 heteroatoms. The Morgan fingerprint density at radius 1 is 1.23 bits per heavy atom. The van der Waals surface area contributed by atoms with Crippen molar-refractivity contribution in [3.05, 3.63) is 47.7 Å². The van der Waals surface area contributed by atoms with Gasteiger partial charge in [-0.2, -0.15) is 5.10 Å². The standard InChI is InChI=1S/C22H30N4O3S/c1-17-14-21(26(24-17)20-11-13-30(28,29)16-20)23-22(27)15-25-12-5-8-19(25)10-9-18-6-3-2-4-7-18/h2-4,6-7,14,19-20H,5,8-13,15-16H2,1H3,(H,23,27). The minimum Gasteiger partial charge on any atom is -0.310 e. The number of amides is 1. The Morgan fingerprint density at radius 3 is 2.77 bits per heavy atom. The molecule has 0 saturated carbocycles. The van der Waals surface area contributed by atoms with E-state index in [9.17, 15) is 13.2 Å². The van der Waals surface area contributed by atoms with Crippen LogP contribution in [0.4, 0.5) is 5.82 Å². The maximum atomic E-state index is 12.8. The van der Waals surface area contributed by atoms with Crippen LogP contribution >= 0.6 is 0 Å². The van der Waals surface area contributed by atoms with Crippen molar-refractivity contribution >= 4 is 21.6 Å². The van der Waals surface area contributed by atoms with Crippen LogP contribution in [0.15, 0.2) is 36.4 Å². The van der Waals surface area contributed by atoms with Crippen LogP contribution < -0.4 is 5.32 Å². The predicted octanol–water partition coefficient (Wildman–Crippen LogP) is 2.59. The molecule has 7 nitrogen and oxygen atoms in total. The molecule has 2 saturated heterocycles. The lowest BCUT2D eigenvalue weighted by atomic mass is 10.0. The first-order chi connectivity index (χ1) is 14.4. The Morgan fingerprint density at radius 2 is 2.03 bits per heavy atom. The summed E-state index contributed by atoms with van der Waals surface area (Å²) in [5.74, 6) is 0.800. The topological polar surface area (TPSA) is 84.3 Å². The van der Waals surface area contributed by atoms with Crippen LogP contribution in [0.2, 0.25) is 0 Å². The molecular formula is C22H30N4O3S. The zero-order chi connectivity index (χ0) is 21.1. The first-order valence-electron chi connectivity index (χ1n) is 10.7. The largest absolute Gasteiger partial charge is 0.310 e. The Balaban J connectivity index is 1.35. The number of rotatable bonds is 7. The first kappa shape index (κ1) is 21.1. The molecule has 2 fully saturated rings. The van der Waals surface area contributed by atoms with Gasteiger partial charge in [-0.15, -0.1) is 0 Å². The van der Waals surface area contributed by atoms with E-state index in [0.717, 1.165) is 37.9 Å². The zero-order valence-corrected chi connectivity index (χ0v) is 18.3. The highest BCUT2D eigenvalue weighted by atomic mass is 32.2. The van der Waals surface area contributed by atoms with Crippen molar-refractivity contribution in [2.45, 2.75) is 51.1 Å². The van der Waals surface area contributed by atoms with Crippen molar-refractivity contribution in [2.24, 2.45) is 0 Å². The molecule has 4 rings (SSSR count). The molecule has 0 spiro atoms. The number of carbonyl (C=O) groups is 1. The number of aryl methyl sites for hydroxylation is 2. The number of sulfone groups is 1. The van der Waals surface area contributed by atoms with Crippen LogP contribution in [0, 0.1) is 6.92 Å². The smallest absolute Gasteiger partial charge is 0.239 e. The van der Waals surface area contributed by atoms with Gasteiger partial charge in [-0.3, -0.25) is 9.69 Å². The van der Waals surface area contributed by atoms with Gasteiger partial charge >= 0.3 is 0 Å². The van der Waals surface area contributed by atoms with Crippen LogP contribution in [0.5, 0.6) is 0 Å². The number of benzene rings is 1. The second-order valence-electron chi connectivity index (χ2n) is 8.51. The Kier molecular flexibility index (Phi) is 6.24. The molecule has 1 N–H and O–H groups in total. The lowest BCUT2D eigenvalue weighted by molar-refractivity contribution is -0.117. The van der Waals surface area contributed by atoms with Crippen LogP contribution in [0.3, 0.4) is 0 Å². The van der Waals surface area contributed by atoms with E-state index < -0.39 is 9.84 Å². The minimum absolute atomic E-state index is 0.0661. The fraction of sp³-hybridized carbons (Fsp3) is 0.545. The molecule has 0 aliphatic carbocycles. The van der Waals surface area contributed by atoms with E-state index in [-0.39, 0.29) is 23.5 Å². The molecule has 2 aliphatic heterocycles. The van der Waals surface area contributed by atoms with Gasteiger partial charge in [0.25, 0.3) is 0 Å². The number of hydrogen-bond acceptors (Lipinski definition) is 5. The second kappa shape index (κ2) is 8.89. The maximum absolute atomic E-state index is 12.8. The summed E-state index contributed by atoms with van der Waals surface area (Å²) in [6.45, 7) is 3.15. The summed E-state index contributed by atoms with van der Waals surface area (Å²) >= 11 is 0. The number of aromatic nitrogens is 2. The summed E-state index contributed by atoms with van der Waals surface area (Å²) in [6, 6.07) is 12.5. The van der Waals surface area contributed by atoms with Gasteiger partial charge in [0, 0.05) is 12.1 Å². The number of nitrogens with one attached hydrogen (secondary N) is 1. The van der Waals surface area contributed by atoms with Crippen molar-refractivity contribution in [2.75, 3.05) is 29.9 Å². The molecule has 2 unspecified atom stereocenters. The average Bonchev–Trinajstić information content (AvgIpc) is 3.39. The van der Waals surface area contributed by atoms with Gasteiger partial charge in [0.2, 0.25) is 5.91 Å². The first-order valence-corrected chi connectivity index (χ1v) is 12.6. The molecule has 30 heavy (non-hydrogen) atoms. The van der Waals surface area contributed by atoms with Gasteiger partial charge in [0.05, 0.1) is 29.8 Å².